The molecule has 28 heavy (non-hydrogen) atoms. The van der Waals surface area contributed by atoms with Gasteiger partial charge in [0.2, 0.25) is 0 Å². The third kappa shape index (κ3) is 4.67. The topological polar surface area (TPSA) is 30.8 Å². The molecule has 144 valence electrons. The molecule has 0 amide bonds. The SMILES string of the molecule is C/N=C(\c1ccccc1)c1cccc(C)c1Pc1cc(C)ccc1OCOC. The van der Waals surface area contributed by atoms with Gasteiger partial charge in [0.25, 0.3) is 0 Å². The van der Waals surface area contributed by atoms with Crippen LogP contribution in [0.2, 0.25) is 0 Å². The second-order valence-corrected chi connectivity index (χ2v) is 7.90. The number of aliphatic imine (C=N–C) groups is 1. The number of rotatable bonds is 7. The Morgan fingerprint density at radius 1 is 0.964 bits per heavy atom. The first-order chi connectivity index (χ1) is 13.6. The summed E-state index contributed by atoms with van der Waals surface area (Å²) >= 11 is 0. The van der Waals surface area contributed by atoms with Crippen molar-refractivity contribution in [3.63, 3.8) is 0 Å². The van der Waals surface area contributed by atoms with E-state index in [4.69, 9.17) is 9.47 Å². The fourth-order valence-corrected chi connectivity index (χ4v) is 4.62. The van der Waals surface area contributed by atoms with E-state index in [0.29, 0.717) is 8.58 Å². The molecule has 1 unspecified atom stereocenters. The van der Waals surface area contributed by atoms with Crippen molar-refractivity contribution in [2.24, 2.45) is 4.99 Å². The lowest BCUT2D eigenvalue weighted by Gasteiger charge is -2.17. The zero-order chi connectivity index (χ0) is 19.9. The lowest BCUT2D eigenvalue weighted by atomic mass is 10.0. The molecule has 3 nitrogen and oxygen atoms in total. The molecule has 3 rings (SSSR count). The highest BCUT2D eigenvalue weighted by Crippen LogP contribution is 2.25. The van der Waals surface area contributed by atoms with Crippen LogP contribution in [0.1, 0.15) is 22.3 Å². The van der Waals surface area contributed by atoms with Crippen molar-refractivity contribution in [3.8, 4) is 5.75 Å². The standard InChI is InChI=1S/C24H26NO2P/c1-17-13-14-21(27-16-26-4)22(15-17)28-24-18(2)9-8-12-20(24)23(25-3)19-10-6-5-7-11-19/h5-15,28H,16H2,1-4H3/b25-23+. The number of nitrogens with zero attached hydrogens (tertiary/aromatic N) is 1. The Labute approximate surface area is 169 Å². The Morgan fingerprint density at radius 2 is 1.75 bits per heavy atom. The van der Waals surface area contributed by atoms with Crippen LogP contribution in [0.4, 0.5) is 0 Å². The van der Waals surface area contributed by atoms with E-state index in [0.717, 1.165) is 17.0 Å². The van der Waals surface area contributed by atoms with Crippen molar-refractivity contribution < 1.29 is 9.47 Å². The maximum atomic E-state index is 5.82. The minimum Gasteiger partial charge on any atom is -0.467 e. The van der Waals surface area contributed by atoms with E-state index < -0.39 is 0 Å². The molecule has 1 atom stereocenters. The van der Waals surface area contributed by atoms with Gasteiger partial charge in [0.1, 0.15) is 5.75 Å². The Balaban J connectivity index is 2.06. The highest BCUT2D eigenvalue weighted by molar-refractivity contribution is 7.56. The molecule has 0 saturated carbocycles. The van der Waals surface area contributed by atoms with Crippen molar-refractivity contribution in [3.05, 3.63) is 89.0 Å². The first-order valence-corrected chi connectivity index (χ1v) is 10.3. The van der Waals surface area contributed by atoms with Crippen LogP contribution in [0.25, 0.3) is 0 Å². The molecule has 3 aromatic carbocycles. The van der Waals surface area contributed by atoms with E-state index in [9.17, 15) is 0 Å². The largest absolute Gasteiger partial charge is 0.467 e. The molecule has 0 N–H and O–H groups in total. The molecule has 0 heterocycles. The van der Waals surface area contributed by atoms with Crippen molar-refractivity contribution in [2.45, 2.75) is 13.8 Å². The average molecular weight is 391 g/mol. The third-order valence-electron chi connectivity index (χ3n) is 4.53. The lowest BCUT2D eigenvalue weighted by molar-refractivity contribution is 0.0519. The molecule has 0 aromatic heterocycles. The van der Waals surface area contributed by atoms with Crippen molar-refractivity contribution in [1.82, 2.24) is 0 Å². The van der Waals surface area contributed by atoms with Gasteiger partial charge in [-0.05, 0) is 36.8 Å². The van der Waals surface area contributed by atoms with E-state index in [2.05, 4.69) is 73.4 Å². The van der Waals surface area contributed by atoms with Gasteiger partial charge in [0.15, 0.2) is 6.79 Å². The average Bonchev–Trinajstić information content (AvgIpc) is 2.71. The first kappa shape index (κ1) is 20.3. The van der Waals surface area contributed by atoms with Crippen LogP contribution in [0.5, 0.6) is 5.75 Å². The molecule has 0 radical (unpaired) electrons. The van der Waals surface area contributed by atoms with Gasteiger partial charge in [0, 0.05) is 30.6 Å². The third-order valence-corrected chi connectivity index (χ3v) is 6.10. The Kier molecular flexibility index (Phi) is 6.97. The van der Waals surface area contributed by atoms with Gasteiger partial charge in [-0.3, -0.25) is 4.99 Å². The van der Waals surface area contributed by atoms with Crippen LogP contribution in [0.15, 0.2) is 71.7 Å². The monoisotopic (exact) mass is 391 g/mol. The molecule has 0 bridgehead atoms. The number of ether oxygens (including phenoxy) is 2. The van der Waals surface area contributed by atoms with Crippen LogP contribution in [-0.4, -0.2) is 26.7 Å². The zero-order valence-electron chi connectivity index (χ0n) is 16.8. The Morgan fingerprint density at radius 3 is 2.46 bits per heavy atom. The van der Waals surface area contributed by atoms with E-state index in [1.165, 1.54) is 27.3 Å². The molecule has 0 spiro atoms. The Hall–Kier alpha value is -2.48. The lowest BCUT2D eigenvalue weighted by Crippen LogP contribution is -2.19. The minimum atomic E-state index is 0.243. The van der Waals surface area contributed by atoms with Gasteiger partial charge in [0.05, 0.1) is 5.71 Å². The number of hydrogen-bond acceptors (Lipinski definition) is 3. The summed E-state index contributed by atoms with van der Waals surface area (Å²) in [4.78, 5) is 4.63. The molecule has 0 fully saturated rings. The first-order valence-electron chi connectivity index (χ1n) is 9.25. The zero-order valence-corrected chi connectivity index (χ0v) is 17.8. The van der Waals surface area contributed by atoms with E-state index in [1.807, 2.05) is 19.2 Å². The van der Waals surface area contributed by atoms with Gasteiger partial charge >= 0.3 is 0 Å². The maximum absolute atomic E-state index is 5.82. The molecule has 0 aliphatic heterocycles. The summed E-state index contributed by atoms with van der Waals surface area (Å²) in [6.07, 6.45) is 0. The summed E-state index contributed by atoms with van der Waals surface area (Å²) in [5.74, 6) is 0.870. The summed E-state index contributed by atoms with van der Waals surface area (Å²) < 4.78 is 10.9. The molecular formula is C24H26NO2P. The molecule has 3 aromatic rings. The van der Waals surface area contributed by atoms with Gasteiger partial charge in [-0.25, -0.2) is 0 Å². The Bertz CT molecular complexity index is 968. The number of benzene rings is 3. The molecule has 0 aliphatic carbocycles. The fraction of sp³-hybridized carbons (Fsp3) is 0.208. The van der Waals surface area contributed by atoms with Gasteiger partial charge in [-0.2, -0.15) is 0 Å². The molecule has 0 aliphatic rings. The van der Waals surface area contributed by atoms with E-state index in [1.54, 1.807) is 7.11 Å². The van der Waals surface area contributed by atoms with Gasteiger partial charge in [-0.1, -0.05) is 68.7 Å². The summed E-state index contributed by atoms with van der Waals surface area (Å²) in [6.45, 7) is 4.51. The molecular weight excluding hydrogens is 365 g/mol. The number of methoxy groups -OCH3 is 1. The summed E-state index contributed by atoms with van der Waals surface area (Å²) in [7, 11) is 3.96. The molecule has 4 heteroatoms. The fourth-order valence-electron chi connectivity index (χ4n) is 3.16. The summed E-state index contributed by atoms with van der Waals surface area (Å²) in [5.41, 5.74) is 5.79. The van der Waals surface area contributed by atoms with E-state index in [-0.39, 0.29) is 6.79 Å². The normalized spacial score (nSPS) is 11.9. The molecule has 0 saturated heterocycles. The van der Waals surface area contributed by atoms with Crippen LogP contribution in [-0.2, 0) is 4.74 Å². The second kappa shape index (κ2) is 9.64. The quantitative estimate of drug-likeness (QED) is 0.340. The smallest absolute Gasteiger partial charge is 0.188 e. The second-order valence-electron chi connectivity index (χ2n) is 6.61. The van der Waals surface area contributed by atoms with Gasteiger partial charge < -0.3 is 9.47 Å². The summed E-state index contributed by atoms with van der Waals surface area (Å²) in [6, 6.07) is 23.1. The predicted molar refractivity (Wildman–Crippen MR) is 120 cm³/mol. The van der Waals surface area contributed by atoms with Crippen molar-refractivity contribution in [1.29, 1.82) is 0 Å². The number of hydrogen-bond donors (Lipinski definition) is 0. The van der Waals surface area contributed by atoms with Crippen LogP contribution in [0.3, 0.4) is 0 Å². The maximum Gasteiger partial charge on any atom is 0.188 e. The van der Waals surface area contributed by atoms with Crippen LogP contribution >= 0.6 is 8.58 Å². The van der Waals surface area contributed by atoms with Gasteiger partial charge in [-0.15, -0.1) is 0 Å². The van der Waals surface area contributed by atoms with Crippen molar-refractivity contribution in [2.75, 3.05) is 21.0 Å². The predicted octanol–water partition coefficient (Wildman–Crippen LogP) is 4.38. The van der Waals surface area contributed by atoms with Crippen LogP contribution < -0.4 is 15.3 Å². The van der Waals surface area contributed by atoms with Crippen LogP contribution in [0, 0.1) is 13.8 Å². The highest BCUT2D eigenvalue weighted by atomic mass is 31.1. The highest BCUT2D eigenvalue weighted by Gasteiger charge is 2.15. The number of aryl methyl sites for hydroxylation is 2. The summed E-state index contributed by atoms with van der Waals surface area (Å²) in [5, 5.41) is 2.47. The van der Waals surface area contributed by atoms with E-state index >= 15 is 0 Å². The minimum absolute atomic E-state index is 0.243. The van der Waals surface area contributed by atoms with Crippen molar-refractivity contribution >= 4 is 24.9 Å².